The van der Waals surface area contributed by atoms with Crippen molar-refractivity contribution in [2.24, 2.45) is 0 Å². The number of rotatable bonds is 5. The van der Waals surface area contributed by atoms with Crippen LogP contribution in [0.4, 0.5) is 0 Å². The van der Waals surface area contributed by atoms with Gasteiger partial charge in [0, 0.05) is 0 Å². The summed E-state index contributed by atoms with van der Waals surface area (Å²) in [7, 11) is 0. The van der Waals surface area contributed by atoms with E-state index in [1.165, 1.54) is 11.8 Å². The van der Waals surface area contributed by atoms with Crippen LogP contribution in [0.15, 0.2) is 0 Å². The van der Waals surface area contributed by atoms with Gasteiger partial charge in [0.25, 0.3) is 0 Å². The molecule has 1 aliphatic rings. The first-order valence-corrected chi connectivity index (χ1v) is 6.58. The maximum absolute atomic E-state index is 9.68. The number of aliphatic hydroxyl groups is 4. The van der Waals surface area contributed by atoms with E-state index in [1.54, 1.807) is 0 Å². The van der Waals surface area contributed by atoms with E-state index in [4.69, 9.17) is 9.84 Å². The fraction of sp³-hybridized carbons (Fsp3) is 1.00. The van der Waals surface area contributed by atoms with Crippen molar-refractivity contribution in [1.29, 1.82) is 0 Å². The number of hydrogen-bond acceptors (Lipinski definition) is 6. The topological polar surface area (TPSA) is 90.2 Å². The fourth-order valence-electron chi connectivity index (χ4n) is 1.55. The second-order valence-electron chi connectivity index (χ2n) is 3.92. The Balaban J connectivity index is 2.50. The van der Waals surface area contributed by atoms with Crippen LogP contribution in [0.5, 0.6) is 0 Å². The average Bonchev–Trinajstić information content (AvgIpc) is 2.29. The molecule has 1 rings (SSSR count). The highest BCUT2D eigenvalue weighted by Gasteiger charge is 2.43. The first-order chi connectivity index (χ1) is 7.61. The van der Waals surface area contributed by atoms with Gasteiger partial charge in [-0.1, -0.05) is 13.3 Å². The van der Waals surface area contributed by atoms with Crippen molar-refractivity contribution in [2.45, 2.75) is 49.6 Å². The zero-order valence-corrected chi connectivity index (χ0v) is 10.1. The number of thioether (sulfide) groups is 1. The molecular weight excluding hydrogens is 232 g/mol. The zero-order valence-electron chi connectivity index (χ0n) is 9.32. The molecule has 1 saturated heterocycles. The Morgan fingerprint density at radius 3 is 2.38 bits per heavy atom. The van der Waals surface area contributed by atoms with E-state index >= 15 is 0 Å². The SMILES string of the molecule is CCCCSC1O[C@H](CO)[C@H](O)[C@H](O)[C@H]1O. The van der Waals surface area contributed by atoms with E-state index in [9.17, 15) is 15.3 Å². The van der Waals surface area contributed by atoms with E-state index in [-0.39, 0.29) is 6.61 Å². The van der Waals surface area contributed by atoms with Crippen LogP contribution in [0.2, 0.25) is 0 Å². The highest BCUT2D eigenvalue weighted by Crippen LogP contribution is 2.28. The lowest BCUT2D eigenvalue weighted by molar-refractivity contribution is -0.205. The normalized spacial score (nSPS) is 39.9. The average molecular weight is 252 g/mol. The van der Waals surface area contributed by atoms with Gasteiger partial charge in [0.2, 0.25) is 0 Å². The van der Waals surface area contributed by atoms with E-state index in [2.05, 4.69) is 6.92 Å². The summed E-state index contributed by atoms with van der Waals surface area (Å²) in [4.78, 5) is 0. The summed E-state index contributed by atoms with van der Waals surface area (Å²) in [5.41, 5.74) is -0.581. The number of hydrogen-bond donors (Lipinski definition) is 4. The fourth-order valence-corrected chi connectivity index (χ4v) is 2.82. The van der Waals surface area contributed by atoms with Crippen molar-refractivity contribution in [2.75, 3.05) is 12.4 Å². The molecule has 0 aromatic carbocycles. The van der Waals surface area contributed by atoms with Crippen LogP contribution in [0.25, 0.3) is 0 Å². The summed E-state index contributed by atoms with van der Waals surface area (Å²) >= 11 is 1.40. The van der Waals surface area contributed by atoms with Gasteiger partial charge in [-0.25, -0.2) is 0 Å². The Labute approximate surface area is 99.4 Å². The van der Waals surface area contributed by atoms with Crippen molar-refractivity contribution in [1.82, 2.24) is 0 Å². The van der Waals surface area contributed by atoms with Gasteiger partial charge in [-0.15, -0.1) is 11.8 Å². The van der Waals surface area contributed by atoms with Gasteiger partial charge in [-0.05, 0) is 12.2 Å². The molecule has 16 heavy (non-hydrogen) atoms. The molecule has 5 nitrogen and oxygen atoms in total. The minimum absolute atomic E-state index is 0.365. The van der Waals surface area contributed by atoms with Gasteiger partial charge in [-0.3, -0.25) is 0 Å². The lowest BCUT2D eigenvalue weighted by Crippen LogP contribution is -2.57. The molecule has 0 spiro atoms. The van der Waals surface area contributed by atoms with Crippen molar-refractivity contribution in [3.8, 4) is 0 Å². The number of ether oxygens (including phenoxy) is 1. The molecular formula is C10H20O5S. The highest BCUT2D eigenvalue weighted by molar-refractivity contribution is 7.99. The second-order valence-corrected chi connectivity index (χ2v) is 5.13. The molecule has 0 amide bonds. The Morgan fingerprint density at radius 1 is 1.12 bits per heavy atom. The molecule has 1 aliphatic heterocycles. The minimum atomic E-state index is -1.26. The summed E-state index contributed by atoms with van der Waals surface area (Å²) in [6.45, 7) is 1.70. The minimum Gasteiger partial charge on any atom is -0.394 e. The maximum Gasteiger partial charge on any atom is 0.132 e. The molecule has 4 N–H and O–H groups in total. The molecule has 0 radical (unpaired) electrons. The third-order valence-corrected chi connectivity index (χ3v) is 3.87. The van der Waals surface area contributed by atoms with Gasteiger partial charge < -0.3 is 25.2 Å². The van der Waals surface area contributed by atoms with Gasteiger partial charge in [0.1, 0.15) is 29.9 Å². The molecule has 0 aliphatic carbocycles. The van der Waals surface area contributed by atoms with Crippen molar-refractivity contribution < 1.29 is 25.2 Å². The first kappa shape index (κ1) is 14.2. The third kappa shape index (κ3) is 3.32. The summed E-state index contributed by atoms with van der Waals surface area (Å²) in [5.74, 6) is 0.819. The summed E-state index contributed by atoms with van der Waals surface area (Å²) in [6, 6.07) is 0. The lowest BCUT2D eigenvalue weighted by Gasteiger charge is -2.39. The van der Waals surface area contributed by atoms with Crippen molar-refractivity contribution >= 4 is 11.8 Å². The Bertz CT molecular complexity index is 202. The van der Waals surface area contributed by atoms with Crippen molar-refractivity contribution in [3.63, 3.8) is 0 Å². The number of aliphatic hydroxyl groups excluding tert-OH is 4. The monoisotopic (exact) mass is 252 g/mol. The van der Waals surface area contributed by atoms with E-state index in [0.29, 0.717) is 0 Å². The molecule has 1 heterocycles. The third-order valence-electron chi connectivity index (χ3n) is 2.63. The van der Waals surface area contributed by atoms with Gasteiger partial charge in [-0.2, -0.15) is 0 Å². The molecule has 5 atom stereocenters. The smallest absolute Gasteiger partial charge is 0.132 e. The molecule has 0 saturated carbocycles. The predicted octanol–water partition coefficient (Wildman–Crippen LogP) is -0.680. The first-order valence-electron chi connectivity index (χ1n) is 5.54. The van der Waals surface area contributed by atoms with E-state index < -0.39 is 29.9 Å². The van der Waals surface area contributed by atoms with Crippen LogP contribution >= 0.6 is 11.8 Å². The molecule has 96 valence electrons. The van der Waals surface area contributed by atoms with E-state index in [0.717, 1.165) is 18.6 Å². The van der Waals surface area contributed by atoms with Crippen LogP contribution in [0.3, 0.4) is 0 Å². The van der Waals surface area contributed by atoms with Gasteiger partial charge in [0.05, 0.1) is 6.61 Å². The molecule has 0 bridgehead atoms. The molecule has 6 heteroatoms. The quantitative estimate of drug-likeness (QED) is 0.485. The Kier molecular flexibility index (Phi) is 6.02. The zero-order chi connectivity index (χ0) is 12.1. The van der Waals surface area contributed by atoms with Crippen LogP contribution in [-0.4, -0.2) is 62.6 Å². The Morgan fingerprint density at radius 2 is 1.81 bits per heavy atom. The number of unbranched alkanes of at least 4 members (excludes halogenated alkanes) is 1. The summed E-state index contributed by atoms with van der Waals surface area (Å²) in [6.07, 6.45) is -2.38. The standard InChI is InChI=1S/C10H20O5S/c1-2-3-4-16-10-9(14)8(13)7(12)6(5-11)15-10/h6-14H,2-5H2,1H3/t6-,7+,8+,9-,10?/m1/s1. The van der Waals surface area contributed by atoms with Crippen molar-refractivity contribution in [3.05, 3.63) is 0 Å². The molecule has 1 unspecified atom stereocenters. The molecule has 1 fully saturated rings. The largest absolute Gasteiger partial charge is 0.394 e. The van der Waals surface area contributed by atoms with Crippen LogP contribution in [-0.2, 0) is 4.74 Å². The molecule has 0 aromatic rings. The van der Waals surface area contributed by atoms with Crippen LogP contribution in [0, 0.1) is 0 Å². The van der Waals surface area contributed by atoms with Gasteiger partial charge >= 0.3 is 0 Å². The predicted molar refractivity (Wildman–Crippen MR) is 61.1 cm³/mol. The molecule has 0 aromatic heterocycles. The summed E-state index contributed by atoms with van der Waals surface area (Å²) < 4.78 is 5.33. The van der Waals surface area contributed by atoms with Gasteiger partial charge in [0.15, 0.2) is 0 Å². The second kappa shape index (κ2) is 6.78. The lowest BCUT2D eigenvalue weighted by atomic mass is 10.0. The van der Waals surface area contributed by atoms with E-state index in [1.807, 2.05) is 0 Å². The Hall–Kier alpha value is 0.150. The maximum atomic E-state index is 9.68. The van der Waals surface area contributed by atoms with Crippen LogP contribution < -0.4 is 0 Å². The summed E-state index contributed by atoms with van der Waals surface area (Å²) in [5, 5.41) is 37.7. The van der Waals surface area contributed by atoms with Crippen LogP contribution in [0.1, 0.15) is 19.8 Å². The highest BCUT2D eigenvalue weighted by atomic mass is 32.2.